The third-order valence-electron chi connectivity index (χ3n) is 4.10. The summed E-state index contributed by atoms with van der Waals surface area (Å²) in [6.07, 6.45) is -0.796. The third-order valence-corrected chi connectivity index (χ3v) is 4.10. The van der Waals surface area contributed by atoms with Gasteiger partial charge in [-0.2, -0.15) is 10.5 Å². The Morgan fingerprint density at radius 1 is 1.26 bits per heavy atom. The number of carbonyl (C=O) groups is 1. The van der Waals surface area contributed by atoms with Gasteiger partial charge in [0.25, 0.3) is 6.43 Å². The number of benzene rings is 1. The molecular weight excluding hydrogens is 300 g/mol. The number of hydrogen-bond donors (Lipinski definition) is 0. The molecule has 0 spiro atoms. The SMILES string of the molecule is N#Cc1ccc(CC(C#N)C(=O)N2CCCCC2C(F)F)cc1. The van der Waals surface area contributed by atoms with Gasteiger partial charge < -0.3 is 4.90 Å². The van der Waals surface area contributed by atoms with E-state index in [9.17, 15) is 18.8 Å². The maximum absolute atomic E-state index is 13.1. The van der Waals surface area contributed by atoms with Gasteiger partial charge in [0, 0.05) is 6.54 Å². The Morgan fingerprint density at radius 2 is 1.96 bits per heavy atom. The van der Waals surface area contributed by atoms with Crippen LogP contribution in [0.15, 0.2) is 24.3 Å². The standard InChI is InChI=1S/C17H17F2N3O/c18-16(19)15-3-1-2-8-22(15)17(23)14(11-21)9-12-4-6-13(10-20)7-5-12/h4-7,14-16H,1-3,8-9H2. The fourth-order valence-corrected chi connectivity index (χ4v) is 2.83. The smallest absolute Gasteiger partial charge is 0.258 e. The van der Waals surface area contributed by atoms with Gasteiger partial charge >= 0.3 is 0 Å². The highest BCUT2D eigenvalue weighted by Gasteiger charge is 2.36. The van der Waals surface area contributed by atoms with Crippen LogP contribution in [0.25, 0.3) is 0 Å². The molecule has 1 aromatic rings. The molecule has 0 bridgehead atoms. The number of hydrogen-bond acceptors (Lipinski definition) is 3. The predicted octanol–water partition coefficient (Wildman–Crippen LogP) is 2.89. The zero-order valence-corrected chi connectivity index (χ0v) is 12.6. The van der Waals surface area contributed by atoms with Crippen LogP contribution in [0.2, 0.25) is 0 Å². The highest BCUT2D eigenvalue weighted by atomic mass is 19.3. The van der Waals surface area contributed by atoms with Crippen LogP contribution in [0.3, 0.4) is 0 Å². The molecule has 1 heterocycles. The van der Waals surface area contributed by atoms with E-state index < -0.39 is 24.3 Å². The molecule has 0 saturated carbocycles. The molecule has 0 aromatic heterocycles. The van der Waals surface area contributed by atoms with Crippen LogP contribution in [-0.4, -0.2) is 29.8 Å². The Balaban J connectivity index is 2.11. The molecule has 1 saturated heterocycles. The molecule has 23 heavy (non-hydrogen) atoms. The molecule has 0 radical (unpaired) electrons. The number of carbonyl (C=O) groups excluding carboxylic acids is 1. The molecule has 1 amide bonds. The fourth-order valence-electron chi connectivity index (χ4n) is 2.83. The quantitative estimate of drug-likeness (QED) is 0.857. The van der Waals surface area contributed by atoms with Gasteiger partial charge in [0.15, 0.2) is 0 Å². The van der Waals surface area contributed by atoms with Crippen LogP contribution < -0.4 is 0 Å². The van der Waals surface area contributed by atoms with Gasteiger partial charge in [-0.05, 0) is 43.4 Å². The van der Waals surface area contributed by atoms with Crippen LogP contribution in [0.5, 0.6) is 0 Å². The molecule has 0 N–H and O–H groups in total. The van der Waals surface area contributed by atoms with Crippen molar-refractivity contribution in [3.63, 3.8) is 0 Å². The molecule has 0 aliphatic carbocycles. The van der Waals surface area contributed by atoms with Gasteiger partial charge in [-0.3, -0.25) is 4.79 Å². The minimum absolute atomic E-state index is 0.160. The summed E-state index contributed by atoms with van der Waals surface area (Å²) in [5.41, 5.74) is 1.22. The molecule has 4 nitrogen and oxygen atoms in total. The third kappa shape index (κ3) is 4.04. The highest BCUT2D eigenvalue weighted by molar-refractivity contribution is 5.82. The van der Waals surface area contributed by atoms with E-state index in [1.807, 2.05) is 12.1 Å². The highest BCUT2D eigenvalue weighted by Crippen LogP contribution is 2.25. The number of nitriles is 2. The molecule has 1 aliphatic rings. The second kappa shape index (κ2) is 7.69. The molecule has 120 valence electrons. The summed E-state index contributed by atoms with van der Waals surface area (Å²) in [5, 5.41) is 18.0. The minimum atomic E-state index is -2.59. The molecule has 2 rings (SSSR count). The lowest BCUT2D eigenvalue weighted by Crippen LogP contribution is -2.49. The van der Waals surface area contributed by atoms with E-state index >= 15 is 0 Å². The first-order valence-corrected chi connectivity index (χ1v) is 7.54. The molecule has 1 aliphatic heterocycles. The van der Waals surface area contributed by atoms with Gasteiger partial charge in [-0.15, -0.1) is 0 Å². The average Bonchev–Trinajstić information content (AvgIpc) is 2.59. The van der Waals surface area contributed by atoms with E-state index in [0.29, 0.717) is 18.4 Å². The van der Waals surface area contributed by atoms with E-state index in [0.717, 1.165) is 5.56 Å². The summed E-state index contributed by atoms with van der Waals surface area (Å²) < 4.78 is 26.2. The summed E-state index contributed by atoms with van der Waals surface area (Å²) in [6.45, 7) is 0.277. The Labute approximate surface area is 133 Å². The second-order valence-corrected chi connectivity index (χ2v) is 5.62. The number of nitrogens with zero attached hydrogens (tertiary/aromatic N) is 3. The van der Waals surface area contributed by atoms with Crippen LogP contribution in [-0.2, 0) is 11.2 Å². The first-order chi connectivity index (χ1) is 11.1. The zero-order valence-electron chi connectivity index (χ0n) is 12.6. The van der Waals surface area contributed by atoms with Gasteiger partial charge in [0.05, 0.1) is 23.7 Å². The number of alkyl halides is 2. The van der Waals surface area contributed by atoms with E-state index in [-0.39, 0.29) is 19.4 Å². The Hall–Kier alpha value is -2.47. The minimum Gasteiger partial charge on any atom is -0.333 e. The fraction of sp³-hybridized carbons (Fsp3) is 0.471. The van der Waals surface area contributed by atoms with Crippen molar-refractivity contribution < 1.29 is 13.6 Å². The summed E-state index contributed by atoms with van der Waals surface area (Å²) in [6, 6.07) is 9.41. The van der Waals surface area contributed by atoms with Gasteiger partial charge in [0.1, 0.15) is 5.92 Å². The number of amides is 1. The largest absolute Gasteiger partial charge is 0.333 e. The summed E-state index contributed by atoms with van der Waals surface area (Å²) in [5.74, 6) is -1.51. The van der Waals surface area contributed by atoms with Crippen LogP contribution in [0.4, 0.5) is 8.78 Å². The average molecular weight is 317 g/mol. The zero-order chi connectivity index (χ0) is 16.8. The maximum atomic E-state index is 13.1. The molecule has 1 aromatic carbocycles. The number of likely N-dealkylation sites (tertiary alicyclic amines) is 1. The van der Waals surface area contributed by atoms with Crippen molar-refractivity contribution in [2.45, 2.75) is 38.2 Å². The van der Waals surface area contributed by atoms with Crippen molar-refractivity contribution >= 4 is 5.91 Å². The first kappa shape index (κ1) is 16.9. The van der Waals surface area contributed by atoms with Crippen molar-refractivity contribution in [1.82, 2.24) is 4.90 Å². The van der Waals surface area contributed by atoms with E-state index in [2.05, 4.69) is 0 Å². The molecule has 1 fully saturated rings. The van der Waals surface area contributed by atoms with Crippen LogP contribution >= 0.6 is 0 Å². The van der Waals surface area contributed by atoms with Crippen molar-refractivity contribution in [2.75, 3.05) is 6.54 Å². The predicted molar refractivity (Wildman–Crippen MR) is 79.3 cm³/mol. The molecular formula is C17H17F2N3O. The van der Waals surface area contributed by atoms with Crippen molar-refractivity contribution in [2.24, 2.45) is 5.92 Å². The van der Waals surface area contributed by atoms with Gasteiger partial charge in [0.2, 0.25) is 5.91 Å². The topological polar surface area (TPSA) is 67.9 Å². The lowest BCUT2D eigenvalue weighted by Gasteiger charge is -2.36. The summed E-state index contributed by atoms with van der Waals surface area (Å²) in [4.78, 5) is 13.7. The number of piperidine rings is 1. The van der Waals surface area contributed by atoms with E-state index in [1.54, 1.807) is 24.3 Å². The first-order valence-electron chi connectivity index (χ1n) is 7.54. The normalized spacial score (nSPS) is 19.0. The number of rotatable bonds is 4. The van der Waals surface area contributed by atoms with Crippen molar-refractivity contribution in [1.29, 1.82) is 10.5 Å². The van der Waals surface area contributed by atoms with Gasteiger partial charge in [-0.25, -0.2) is 8.78 Å². The molecule has 6 heteroatoms. The Morgan fingerprint density at radius 3 is 2.52 bits per heavy atom. The van der Waals surface area contributed by atoms with Crippen LogP contribution in [0.1, 0.15) is 30.4 Å². The molecule has 2 unspecified atom stereocenters. The lowest BCUT2D eigenvalue weighted by molar-refractivity contribution is -0.141. The Kier molecular flexibility index (Phi) is 5.65. The monoisotopic (exact) mass is 317 g/mol. The van der Waals surface area contributed by atoms with Crippen molar-refractivity contribution in [3.8, 4) is 12.1 Å². The summed E-state index contributed by atoms with van der Waals surface area (Å²) >= 11 is 0. The molecule has 2 atom stereocenters. The lowest BCUT2D eigenvalue weighted by atomic mass is 9.95. The number of halogens is 2. The van der Waals surface area contributed by atoms with Crippen molar-refractivity contribution in [3.05, 3.63) is 35.4 Å². The van der Waals surface area contributed by atoms with E-state index in [4.69, 9.17) is 5.26 Å². The Bertz CT molecular complexity index is 631. The van der Waals surface area contributed by atoms with Crippen LogP contribution in [0, 0.1) is 28.6 Å². The van der Waals surface area contributed by atoms with E-state index in [1.165, 1.54) is 4.90 Å². The van der Waals surface area contributed by atoms with Gasteiger partial charge in [-0.1, -0.05) is 12.1 Å². The second-order valence-electron chi connectivity index (χ2n) is 5.62. The summed E-state index contributed by atoms with van der Waals surface area (Å²) in [7, 11) is 0. The maximum Gasteiger partial charge on any atom is 0.258 e.